The first-order chi connectivity index (χ1) is 13.8. The van der Waals surface area contributed by atoms with Crippen LogP contribution in [0.1, 0.15) is 26.3 Å². The maximum atomic E-state index is 13.9. The Balaban J connectivity index is 0.00000450. The van der Waals surface area contributed by atoms with Gasteiger partial charge in [-0.3, -0.25) is 14.7 Å². The SMILES string of the molecule is CCNC(=NCC(C)(C)C(=O)NC)N1CCN(Cc2ccc(OC)c(F)c2)CC1.I. The number of rotatable bonds is 7. The number of piperazine rings is 1. The molecule has 2 rings (SSSR count). The minimum atomic E-state index is -0.560. The quantitative estimate of drug-likeness (QED) is 0.319. The molecule has 0 atom stereocenters. The molecule has 0 bridgehead atoms. The Morgan fingerprint density at radius 2 is 1.93 bits per heavy atom. The molecule has 2 N–H and O–H groups in total. The molecule has 1 aliphatic heterocycles. The Kier molecular flexibility index (Phi) is 10.8. The van der Waals surface area contributed by atoms with Crippen molar-refractivity contribution in [3.05, 3.63) is 29.6 Å². The lowest BCUT2D eigenvalue weighted by molar-refractivity contribution is -0.128. The van der Waals surface area contributed by atoms with Crippen LogP contribution in [0.25, 0.3) is 0 Å². The minimum Gasteiger partial charge on any atom is -0.494 e. The smallest absolute Gasteiger partial charge is 0.227 e. The number of guanidine groups is 1. The number of halogens is 2. The summed E-state index contributed by atoms with van der Waals surface area (Å²) in [5.41, 5.74) is 0.375. The summed E-state index contributed by atoms with van der Waals surface area (Å²) in [7, 11) is 3.11. The van der Waals surface area contributed by atoms with Crippen molar-refractivity contribution in [2.45, 2.75) is 27.3 Å². The first-order valence-electron chi connectivity index (χ1n) is 10.1. The molecular formula is C21H35FIN5O2. The lowest BCUT2D eigenvalue weighted by Gasteiger charge is -2.37. The van der Waals surface area contributed by atoms with Crippen LogP contribution in [0.5, 0.6) is 5.75 Å². The number of carbonyl (C=O) groups is 1. The van der Waals surface area contributed by atoms with Crippen LogP contribution in [0.2, 0.25) is 0 Å². The average Bonchev–Trinajstić information content (AvgIpc) is 2.71. The monoisotopic (exact) mass is 535 g/mol. The normalized spacial score (nSPS) is 15.4. The van der Waals surface area contributed by atoms with E-state index >= 15 is 0 Å². The number of methoxy groups -OCH3 is 1. The largest absolute Gasteiger partial charge is 0.494 e. The van der Waals surface area contributed by atoms with Gasteiger partial charge in [-0.2, -0.15) is 0 Å². The Morgan fingerprint density at radius 3 is 2.47 bits per heavy atom. The van der Waals surface area contributed by atoms with Crippen molar-refractivity contribution in [1.29, 1.82) is 0 Å². The zero-order valence-electron chi connectivity index (χ0n) is 18.6. The van der Waals surface area contributed by atoms with E-state index in [0.717, 1.165) is 44.2 Å². The van der Waals surface area contributed by atoms with E-state index in [2.05, 4.69) is 20.4 Å². The fourth-order valence-corrected chi connectivity index (χ4v) is 3.29. The van der Waals surface area contributed by atoms with Crippen molar-refractivity contribution in [3.8, 4) is 5.75 Å². The number of aliphatic imine (C=N–C) groups is 1. The van der Waals surface area contributed by atoms with E-state index in [4.69, 9.17) is 9.73 Å². The fourth-order valence-electron chi connectivity index (χ4n) is 3.29. The molecule has 0 aromatic heterocycles. The number of benzene rings is 1. The number of hydrogen-bond acceptors (Lipinski definition) is 4. The van der Waals surface area contributed by atoms with E-state index in [0.29, 0.717) is 13.1 Å². The molecule has 1 saturated heterocycles. The molecule has 1 amide bonds. The van der Waals surface area contributed by atoms with Gasteiger partial charge >= 0.3 is 0 Å². The summed E-state index contributed by atoms with van der Waals surface area (Å²) in [6.45, 7) is 11.1. The van der Waals surface area contributed by atoms with Gasteiger partial charge in [-0.25, -0.2) is 4.39 Å². The van der Waals surface area contributed by atoms with Crippen LogP contribution in [0, 0.1) is 11.2 Å². The molecule has 1 aliphatic rings. The highest BCUT2D eigenvalue weighted by atomic mass is 127. The first kappa shape index (κ1) is 26.4. The van der Waals surface area contributed by atoms with Gasteiger partial charge in [0, 0.05) is 46.3 Å². The first-order valence-corrected chi connectivity index (χ1v) is 10.1. The third-order valence-corrected chi connectivity index (χ3v) is 5.09. The van der Waals surface area contributed by atoms with Gasteiger partial charge in [0.15, 0.2) is 17.5 Å². The van der Waals surface area contributed by atoms with Crippen LogP contribution in [0.15, 0.2) is 23.2 Å². The highest BCUT2D eigenvalue weighted by Gasteiger charge is 2.27. The molecule has 0 spiro atoms. The van der Waals surface area contributed by atoms with E-state index < -0.39 is 5.41 Å². The molecule has 1 aromatic carbocycles. The van der Waals surface area contributed by atoms with E-state index in [1.54, 1.807) is 13.1 Å². The van der Waals surface area contributed by atoms with E-state index in [9.17, 15) is 9.18 Å². The molecule has 0 unspecified atom stereocenters. The van der Waals surface area contributed by atoms with Crippen LogP contribution >= 0.6 is 24.0 Å². The predicted molar refractivity (Wildman–Crippen MR) is 129 cm³/mol. The summed E-state index contributed by atoms with van der Waals surface area (Å²) in [4.78, 5) is 21.2. The molecule has 1 fully saturated rings. The van der Waals surface area contributed by atoms with Crippen LogP contribution in [-0.2, 0) is 11.3 Å². The summed E-state index contributed by atoms with van der Waals surface area (Å²) < 4.78 is 18.9. The van der Waals surface area contributed by atoms with Gasteiger partial charge in [-0.05, 0) is 38.5 Å². The van der Waals surface area contributed by atoms with Crippen molar-refractivity contribution < 1.29 is 13.9 Å². The molecule has 0 saturated carbocycles. The third kappa shape index (κ3) is 7.26. The summed E-state index contributed by atoms with van der Waals surface area (Å²) >= 11 is 0. The van der Waals surface area contributed by atoms with Crippen molar-refractivity contribution >= 4 is 35.8 Å². The van der Waals surface area contributed by atoms with Crippen molar-refractivity contribution in [1.82, 2.24) is 20.4 Å². The van der Waals surface area contributed by atoms with E-state index in [1.165, 1.54) is 13.2 Å². The van der Waals surface area contributed by atoms with Gasteiger partial charge in [-0.1, -0.05) is 6.07 Å². The average molecular weight is 535 g/mol. The van der Waals surface area contributed by atoms with Gasteiger partial charge in [0.25, 0.3) is 0 Å². The topological polar surface area (TPSA) is 69.2 Å². The number of nitrogens with zero attached hydrogens (tertiary/aromatic N) is 3. The second-order valence-electron chi connectivity index (χ2n) is 7.87. The number of nitrogens with one attached hydrogen (secondary N) is 2. The molecule has 0 radical (unpaired) electrons. The summed E-state index contributed by atoms with van der Waals surface area (Å²) in [6, 6.07) is 5.11. The summed E-state index contributed by atoms with van der Waals surface area (Å²) in [6.07, 6.45) is 0. The molecule has 7 nitrogen and oxygen atoms in total. The van der Waals surface area contributed by atoms with Gasteiger partial charge < -0.3 is 20.3 Å². The molecule has 170 valence electrons. The molecule has 0 aliphatic carbocycles. The van der Waals surface area contributed by atoms with Gasteiger partial charge in [0.05, 0.1) is 19.1 Å². The predicted octanol–water partition coefficient (Wildman–Crippen LogP) is 2.31. The molecule has 1 aromatic rings. The fraction of sp³-hybridized carbons (Fsp3) is 0.619. The molecular weight excluding hydrogens is 500 g/mol. The maximum Gasteiger partial charge on any atom is 0.227 e. The number of amides is 1. The number of carbonyl (C=O) groups excluding carboxylic acids is 1. The zero-order chi connectivity index (χ0) is 21.4. The van der Waals surface area contributed by atoms with Crippen LogP contribution in [-0.4, -0.2) is 75.1 Å². The lowest BCUT2D eigenvalue weighted by Crippen LogP contribution is -2.52. The minimum absolute atomic E-state index is 0. The highest BCUT2D eigenvalue weighted by Crippen LogP contribution is 2.19. The summed E-state index contributed by atoms with van der Waals surface area (Å²) in [5, 5.41) is 6.03. The second-order valence-corrected chi connectivity index (χ2v) is 7.87. The van der Waals surface area contributed by atoms with Crippen LogP contribution in [0.3, 0.4) is 0 Å². The van der Waals surface area contributed by atoms with Gasteiger partial charge in [-0.15, -0.1) is 24.0 Å². The third-order valence-electron chi connectivity index (χ3n) is 5.09. The Morgan fingerprint density at radius 1 is 1.27 bits per heavy atom. The standard InChI is InChI=1S/C21H34FN5O2.HI/c1-6-24-20(25-15-21(2,3)19(28)23-4)27-11-9-26(10-12-27)14-16-7-8-18(29-5)17(22)13-16;/h7-8,13H,6,9-12,14-15H2,1-5H3,(H,23,28)(H,24,25);1H. The number of ether oxygens (including phenoxy) is 1. The molecule has 30 heavy (non-hydrogen) atoms. The second kappa shape index (κ2) is 12.3. The van der Waals surface area contributed by atoms with E-state index in [-0.39, 0.29) is 41.5 Å². The van der Waals surface area contributed by atoms with Crippen LogP contribution in [0.4, 0.5) is 4.39 Å². The van der Waals surface area contributed by atoms with Crippen molar-refractivity contribution in [2.75, 3.05) is 53.4 Å². The zero-order valence-corrected chi connectivity index (χ0v) is 21.0. The Bertz CT molecular complexity index is 721. The molecule has 9 heteroatoms. The Hall–Kier alpha value is -1.62. The molecule has 1 heterocycles. The number of hydrogen-bond donors (Lipinski definition) is 2. The van der Waals surface area contributed by atoms with Gasteiger partial charge in [0.2, 0.25) is 5.91 Å². The lowest BCUT2D eigenvalue weighted by atomic mass is 9.93. The van der Waals surface area contributed by atoms with Crippen molar-refractivity contribution in [2.24, 2.45) is 10.4 Å². The van der Waals surface area contributed by atoms with Crippen LogP contribution < -0.4 is 15.4 Å². The Labute approximate surface area is 196 Å². The summed E-state index contributed by atoms with van der Waals surface area (Å²) in [5.74, 6) is 0.752. The van der Waals surface area contributed by atoms with E-state index in [1.807, 2.05) is 26.8 Å². The van der Waals surface area contributed by atoms with Gasteiger partial charge in [0.1, 0.15) is 0 Å². The maximum absolute atomic E-state index is 13.9. The highest BCUT2D eigenvalue weighted by molar-refractivity contribution is 14.0. The van der Waals surface area contributed by atoms with Crippen molar-refractivity contribution in [3.63, 3.8) is 0 Å².